The van der Waals surface area contributed by atoms with Gasteiger partial charge >= 0.3 is 0 Å². The highest BCUT2D eigenvalue weighted by Gasteiger charge is 2.14. The van der Waals surface area contributed by atoms with Crippen LogP contribution in [0.5, 0.6) is 5.88 Å². The van der Waals surface area contributed by atoms with Crippen molar-refractivity contribution in [3.05, 3.63) is 72.1 Å². The number of rotatable bonds is 5. The zero-order valence-electron chi connectivity index (χ0n) is 11.6. The molecule has 0 spiro atoms. The molecule has 0 aliphatic heterocycles. The molecule has 22 heavy (non-hydrogen) atoms. The number of aromatic nitrogens is 2. The van der Waals surface area contributed by atoms with E-state index >= 15 is 0 Å². The summed E-state index contributed by atoms with van der Waals surface area (Å²) in [6.45, 7) is 0.356. The number of carbonyl (C=O) groups excluding carboxylic acids is 1. The Morgan fingerprint density at radius 1 is 1.14 bits per heavy atom. The Hall–Kier alpha value is -3.15. The van der Waals surface area contributed by atoms with E-state index in [9.17, 15) is 4.79 Å². The first kappa shape index (κ1) is 13.8. The lowest BCUT2D eigenvalue weighted by atomic mass is 10.2. The second-order valence-electron chi connectivity index (χ2n) is 4.47. The topological polar surface area (TPSA) is 77.2 Å². The van der Waals surface area contributed by atoms with Crippen LogP contribution >= 0.6 is 0 Å². The third-order valence-electron chi connectivity index (χ3n) is 2.85. The number of ether oxygens (including phenoxy) is 1. The van der Waals surface area contributed by atoms with Crippen molar-refractivity contribution in [3.63, 3.8) is 0 Å². The van der Waals surface area contributed by atoms with E-state index in [0.717, 1.165) is 5.56 Å². The summed E-state index contributed by atoms with van der Waals surface area (Å²) in [5, 5.41) is 6.32. The zero-order chi connectivity index (χ0) is 15.2. The van der Waals surface area contributed by atoms with E-state index in [-0.39, 0.29) is 11.6 Å². The highest BCUT2D eigenvalue weighted by Crippen LogP contribution is 2.14. The van der Waals surface area contributed by atoms with Gasteiger partial charge in [0.25, 0.3) is 11.8 Å². The van der Waals surface area contributed by atoms with E-state index in [1.165, 1.54) is 6.07 Å². The first-order valence-corrected chi connectivity index (χ1v) is 6.67. The quantitative estimate of drug-likeness (QED) is 0.783. The third kappa shape index (κ3) is 3.49. The molecule has 2 aromatic heterocycles. The van der Waals surface area contributed by atoms with Crippen molar-refractivity contribution in [3.8, 4) is 5.88 Å². The standard InChI is InChI=1S/C16H13N3O3/c20-16(18-14-8-4-5-9-17-14)13-10-15(19-22-13)21-11-12-6-2-1-3-7-12/h1-10H,11H2,(H,17,18,20). The third-order valence-corrected chi connectivity index (χ3v) is 2.85. The molecular weight excluding hydrogens is 282 g/mol. The molecule has 6 heteroatoms. The summed E-state index contributed by atoms with van der Waals surface area (Å²) in [4.78, 5) is 16.0. The Bertz CT molecular complexity index is 742. The Kier molecular flexibility index (Phi) is 4.10. The van der Waals surface area contributed by atoms with Crippen molar-refractivity contribution >= 4 is 11.7 Å². The molecule has 110 valence electrons. The maximum Gasteiger partial charge on any atom is 0.295 e. The number of carbonyl (C=O) groups is 1. The van der Waals surface area contributed by atoms with Crippen LogP contribution in [0.2, 0.25) is 0 Å². The molecular formula is C16H13N3O3. The summed E-state index contributed by atoms with van der Waals surface area (Å²) in [6.07, 6.45) is 1.59. The van der Waals surface area contributed by atoms with Crippen LogP contribution in [0, 0.1) is 0 Å². The van der Waals surface area contributed by atoms with Crippen LogP contribution in [0.25, 0.3) is 0 Å². The Morgan fingerprint density at radius 2 is 1.95 bits per heavy atom. The van der Waals surface area contributed by atoms with Gasteiger partial charge in [-0.1, -0.05) is 36.4 Å². The molecule has 0 fully saturated rings. The van der Waals surface area contributed by atoms with Gasteiger partial charge in [-0.15, -0.1) is 0 Å². The fraction of sp³-hybridized carbons (Fsp3) is 0.0625. The molecule has 0 atom stereocenters. The van der Waals surface area contributed by atoms with Gasteiger partial charge < -0.3 is 14.6 Å². The van der Waals surface area contributed by atoms with Crippen LogP contribution in [0.15, 0.2) is 65.3 Å². The fourth-order valence-corrected chi connectivity index (χ4v) is 1.78. The smallest absolute Gasteiger partial charge is 0.295 e. The van der Waals surface area contributed by atoms with Gasteiger partial charge in [0.1, 0.15) is 12.4 Å². The van der Waals surface area contributed by atoms with Crippen molar-refractivity contribution in [2.45, 2.75) is 6.61 Å². The fourth-order valence-electron chi connectivity index (χ4n) is 1.78. The number of hydrogen-bond donors (Lipinski definition) is 1. The van der Waals surface area contributed by atoms with Gasteiger partial charge in [-0.3, -0.25) is 4.79 Å². The normalized spacial score (nSPS) is 10.2. The van der Waals surface area contributed by atoms with Crippen LogP contribution in [-0.4, -0.2) is 16.0 Å². The Morgan fingerprint density at radius 3 is 2.73 bits per heavy atom. The largest absolute Gasteiger partial charge is 0.471 e. The van der Waals surface area contributed by atoms with Gasteiger partial charge in [-0.2, -0.15) is 0 Å². The van der Waals surface area contributed by atoms with Crippen LogP contribution in [0.3, 0.4) is 0 Å². The molecule has 3 aromatic rings. The Balaban J connectivity index is 1.60. The summed E-state index contributed by atoms with van der Waals surface area (Å²) < 4.78 is 10.4. The van der Waals surface area contributed by atoms with E-state index in [0.29, 0.717) is 12.4 Å². The van der Waals surface area contributed by atoms with E-state index in [2.05, 4.69) is 15.5 Å². The van der Waals surface area contributed by atoms with Crippen molar-refractivity contribution in [2.75, 3.05) is 5.32 Å². The predicted molar refractivity (Wildman–Crippen MR) is 79.5 cm³/mol. The highest BCUT2D eigenvalue weighted by atomic mass is 16.5. The molecule has 1 aromatic carbocycles. The van der Waals surface area contributed by atoms with Gasteiger partial charge in [0.05, 0.1) is 6.07 Å². The molecule has 0 aliphatic carbocycles. The molecule has 0 aliphatic rings. The van der Waals surface area contributed by atoms with E-state index in [1.807, 2.05) is 30.3 Å². The van der Waals surface area contributed by atoms with Crippen LogP contribution < -0.4 is 10.1 Å². The van der Waals surface area contributed by atoms with E-state index in [1.54, 1.807) is 24.4 Å². The molecule has 1 N–H and O–H groups in total. The van der Waals surface area contributed by atoms with Gasteiger partial charge in [0.2, 0.25) is 5.76 Å². The van der Waals surface area contributed by atoms with Crippen LogP contribution in [-0.2, 0) is 6.61 Å². The minimum absolute atomic E-state index is 0.0636. The lowest BCUT2D eigenvalue weighted by molar-refractivity contribution is 0.0987. The number of benzene rings is 1. The summed E-state index contributed by atoms with van der Waals surface area (Å²) in [7, 11) is 0. The summed E-state index contributed by atoms with van der Waals surface area (Å²) in [5.74, 6) is 0.333. The molecule has 3 rings (SSSR count). The van der Waals surface area contributed by atoms with Crippen LogP contribution in [0.4, 0.5) is 5.82 Å². The predicted octanol–water partition coefficient (Wildman–Crippen LogP) is 2.90. The molecule has 0 saturated carbocycles. The van der Waals surface area contributed by atoms with Crippen molar-refractivity contribution in [1.82, 2.24) is 10.1 Å². The summed E-state index contributed by atoms with van der Waals surface area (Å²) >= 11 is 0. The number of hydrogen-bond acceptors (Lipinski definition) is 5. The number of pyridine rings is 1. The molecule has 0 bridgehead atoms. The molecule has 1 amide bonds. The van der Waals surface area contributed by atoms with Crippen molar-refractivity contribution in [2.24, 2.45) is 0 Å². The average molecular weight is 295 g/mol. The van der Waals surface area contributed by atoms with Gasteiger partial charge in [-0.25, -0.2) is 4.98 Å². The summed E-state index contributed by atoms with van der Waals surface area (Å²) in [5.41, 5.74) is 1.00. The van der Waals surface area contributed by atoms with Gasteiger partial charge in [0.15, 0.2) is 0 Å². The van der Waals surface area contributed by atoms with Crippen molar-refractivity contribution < 1.29 is 14.1 Å². The number of anilines is 1. The van der Waals surface area contributed by atoms with Gasteiger partial charge in [0, 0.05) is 6.20 Å². The average Bonchev–Trinajstić information content (AvgIpc) is 3.04. The first-order chi connectivity index (χ1) is 10.8. The minimum atomic E-state index is -0.430. The lowest BCUT2D eigenvalue weighted by Gasteiger charge is -2.01. The molecule has 0 saturated heterocycles. The van der Waals surface area contributed by atoms with E-state index in [4.69, 9.17) is 9.26 Å². The lowest BCUT2D eigenvalue weighted by Crippen LogP contribution is -2.11. The maximum atomic E-state index is 12.0. The van der Waals surface area contributed by atoms with Crippen LogP contribution in [0.1, 0.15) is 16.1 Å². The number of nitrogens with zero attached hydrogens (tertiary/aromatic N) is 2. The highest BCUT2D eigenvalue weighted by molar-refractivity contribution is 6.01. The molecule has 2 heterocycles. The van der Waals surface area contributed by atoms with E-state index < -0.39 is 5.91 Å². The monoisotopic (exact) mass is 295 g/mol. The number of nitrogens with one attached hydrogen (secondary N) is 1. The second kappa shape index (κ2) is 6.53. The summed E-state index contributed by atoms with van der Waals surface area (Å²) in [6, 6.07) is 16.3. The zero-order valence-corrected chi connectivity index (χ0v) is 11.6. The molecule has 6 nitrogen and oxygen atoms in total. The van der Waals surface area contributed by atoms with Crippen molar-refractivity contribution in [1.29, 1.82) is 0 Å². The molecule has 0 radical (unpaired) electrons. The van der Waals surface area contributed by atoms with Gasteiger partial charge in [-0.05, 0) is 22.9 Å². The molecule has 0 unspecified atom stereocenters. The maximum absolute atomic E-state index is 12.0. The number of amides is 1. The first-order valence-electron chi connectivity index (χ1n) is 6.67. The Labute approximate surface area is 126 Å². The SMILES string of the molecule is O=C(Nc1ccccn1)c1cc(OCc2ccccc2)no1. The minimum Gasteiger partial charge on any atom is -0.471 e. The second-order valence-corrected chi connectivity index (χ2v) is 4.47.